The molecule has 0 amide bonds. The monoisotopic (exact) mass is 460 g/mol. The van der Waals surface area contributed by atoms with Crippen LogP contribution < -0.4 is 24.7 Å². The van der Waals surface area contributed by atoms with Crippen LogP contribution in [0.2, 0.25) is 0 Å². The number of rotatable bonds is 5. The Morgan fingerprint density at radius 3 is 2.03 bits per heavy atom. The van der Waals surface area contributed by atoms with Gasteiger partial charge in [-0.2, -0.15) is 0 Å². The van der Waals surface area contributed by atoms with Gasteiger partial charge in [0.1, 0.15) is 0 Å². The highest BCUT2D eigenvalue weighted by atomic mass is 32.1. The molecule has 33 heavy (non-hydrogen) atoms. The van der Waals surface area contributed by atoms with Crippen molar-refractivity contribution in [3.8, 4) is 0 Å². The number of benzene rings is 2. The molecule has 1 atom stereocenters. The quantitative estimate of drug-likeness (QED) is 0.588. The molecule has 0 aliphatic carbocycles. The molecule has 0 fully saturated rings. The topological polar surface area (TPSA) is 57.9 Å². The van der Waals surface area contributed by atoms with E-state index in [1.54, 1.807) is 4.57 Å². The molecule has 0 bridgehead atoms. The van der Waals surface area contributed by atoms with E-state index in [9.17, 15) is 9.59 Å². The Morgan fingerprint density at radius 1 is 0.970 bits per heavy atom. The van der Waals surface area contributed by atoms with Gasteiger partial charge in [0.25, 0.3) is 5.56 Å². The smallest absolute Gasteiger partial charge is 0.271 e. The highest BCUT2D eigenvalue weighted by molar-refractivity contribution is 7.07. The van der Waals surface area contributed by atoms with Gasteiger partial charge in [-0.25, -0.2) is 4.99 Å². The fraction of sp³-hybridized carbons (Fsp3) is 0.269. The molecular weight excluding hydrogens is 432 g/mol. The lowest BCUT2D eigenvalue weighted by Crippen LogP contribution is -2.39. The fourth-order valence-corrected chi connectivity index (χ4v) is 5.11. The molecule has 2 aromatic carbocycles. The van der Waals surface area contributed by atoms with Crippen LogP contribution in [0.25, 0.3) is 6.08 Å². The Kier molecular flexibility index (Phi) is 6.08. The summed E-state index contributed by atoms with van der Waals surface area (Å²) in [6.07, 6.45) is 1.89. The lowest BCUT2D eigenvalue weighted by Gasteiger charge is -2.25. The Labute approximate surface area is 197 Å². The van der Waals surface area contributed by atoms with Crippen molar-refractivity contribution in [1.82, 2.24) is 4.57 Å². The summed E-state index contributed by atoms with van der Waals surface area (Å²) in [5.74, 6) is -0.0773. The minimum Gasteiger partial charge on any atom is -0.378 e. The average Bonchev–Trinajstić information content (AvgIpc) is 3.07. The largest absolute Gasteiger partial charge is 0.378 e. The van der Waals surface area contributed by atoms with Crippen molar-refractivity contribution in [2.45, 2.75) is 19.9 Å². The van der Waals surface area contributed by atoms with Crippen molar-refractivity contribution in [1.29, 1.82) is 0 Å². The average molecular weight is 461 g/mol. The van der Waals surface area contributed by atoms with Crippen LogP contribution in [0.3, 0.4) is 0 Å². The highest BCUT2D eigenvalue weighted by Crippen LogP contribution is 2.31. The van der Waals surface area contributed by atoms with Crippen molar-refractivity contribution >= 4 is 34.6 Å². The second kappa shape index (κ2) is 8.83. The van der Waals surface area contributed by atoms with E-state index in [1.807, 2.05) is 99.5 Å². The molecule has 0 spiro atoms. The summed E-state index contributed by atoms with van der Waals surface area (Å²) in [7, 11) is 7.95. The first-order valence-electron chi connectivity index (χ1n) is 10.8. The van der Waals surface area contributed by atoms with Gasteiger partial charge in [-0.3, -0.25) is 14.2 Å². The first kappa shape index (κ1) is 22.7. The molecule has 4 rings (SSSR count). The summed E-state index contributed by atoms with van der Waals surface area (Å²) in [4.78, 5) is 35.5. The third-order valence-electron chi connectivity index (χ3n) is 5.83. The number of thiazole rings is 1. The second-order valence-electron chi connectivity index (χ2n) is 8.61. The van der Waals surface area contributed by atoms with E-state index in [-0.39, 0.29) is 11.3 Å². The second-order valence-corrected chi connectivity index (χ2v) is 9.62. The van der Waals surface area contributed by atoms with Gasteiger partial charge >= 0.3 is 0 Å². The van der Waals surface area contributed by atoms with E-state index in [0.717, 1.165) is 22.5 Å². The predicted octanol–water partition coefficient (Wildman–Crippen LogP) is 2.96. The molecule has 1 aliphatic rings. The zero-order valence-electron chi connectivity index (χ0n) is 19.8. The molecule has 3 aromatic rings. The zero-order chi connectivity index (χ0) is 23.9. The molecule has 0 saturated heterocycles. The molecule has 0 saturated carbocycles. The molecule has 1 aliphatic heterocycles. The maximum Gasteiger partial charge on any atom is 0.271 e. The minimum absolute atomic E-state index is 0.0773. The molecule has 0 radical (unpaired) electrons. The van der Waals surface area contributed by atoms with Crippen molar-refractivity contribution in [2.24, 2.45) is 4.99 Å². The van der Waals surface area contributed by atoms with Crippen molar-refractivity contribution in [2.75, 3.05) is 38.0 Å². The molecular formula is C26H28N4O2S. The number of hydrogen-bond acceptors (Lipinski definition) is 6. The van der Waals surface area contributed by atoms with Crippen molar-refractivity contribution in [3.05, 3.63) is 90.6 Å². The lowest BCUT2D eigenvalue weighted by molar-refractivity contribution is -0.114. The van der Waals surface area contributed by atoms with Crippen LogP contribution in [0.4, 0.5) is 11.4 Å². The van der Waals surface area contributed by atoms with Gasteiger partial charge in [0.2, 0.25) is 0 Å². The first-order valence-corrected chi connectivity index (χ1v) is 11.6. The van der Waals surface area contributed by atoms with Gasteiger partial charge in [0.15, 0.2) is 10.6 Å². The molecule has 7 heteroatoms. The highest BCUT2D eigenvalue weighted by Gasteiger charge is 2.30. The first-order chi connectivity index (χ1) is 15.7. The number of fused-ring (bicyclic) bond motifs is 1. The summed E-state index contributed by atoms with van der Waals surface area (Å²) in [5.41, 5.74) is 5.06. The van der Waals surface area contributed by atoms with Crippen LogP contribution >= 0.6 is 11.3 Å². The van der Waals surface area contributed by atoms with Gasteiger partial charge < -0.3 is 9.80 Å². The summed E-state index contributed by atoms with van der Waals surface area (Å²) in [6.45, 7) is 3.38. The van der Waals surface area contributed by atoms with E-state index in [0.29, 0.717) is 20.6 Å². The minimum atomic E-state index is -0.492. The van der Waals surface area contributed by atoms with E-state index in [2.05, 4.69) is 4.99 Å². The van der Waals surface area contributed by atoms with Gasteiger partial charge in [0.05, 0.1) is 10.6 Å². The van der Waals surface area contributed by atoms with E-state index < -0.39 is 6.04 Å². The summed E-state index contributed by atoms with van der Waals surface area (Å²) in [6, 6.07) is 15.5. The third kappa shape index (κ3) is 4.28. The number of anilines is 2. The fourth-order valence-electron chi connectivity index (χ4n) is 4.06. The third-order valence-corrected chi connectivity index (χ3v) is 6.82. The van der Waals surface area contributed by atoms with Crippen LogP contribution in [0.1, 0.15) is 31.0 Å². The molecule has 170 valence electrons. The van der Waals surface area contributed by atoms with E-state index in [4.69, 9.17) is 0 Å². The molecule has 0 N–H and O–H groups in total. The van der Waals surface area contributed by atoms with Crippen LogP contribution in [-0.4, -0.2) is 38.5 Å². The number of aromatic nitrogens is 1. The Bertz CT molecular complexity index is 1410. The molecule has 2 heterocycles. The molecule has 6 nitrogen and oxygen atoms in total. The Hall–Kier alpha value is -3.45. The number of Topliss-reactive ketones (excluding diaryl/α,β-unsaturated/α-hetero) is 1. The van der Waals surface area contributed by atoms with Gasteiger partial charge in [0, 0.05) is 50.8 Å². The predicted molar refractivity (Wildman–Crippen MR) is 136 cm³/mol. The normalized spacial score (nSPS) is 15.8. The van der Waals surface area contributed by atoms with Crippen LogP contribution in [0.15, 0.2) is 69.6 Å². The van der Waals surface area contributed by atoms with Gasteiger partial charge in [-0.05, 0) is 55.3 Å². The Morgan fingerprint density at radius 2 is 1.52 bits per heavy atom. The standard InChI is InChI=1S/C26H28N4O2S/c1-16-23(17(2)31)24(19-9-13-21(14-10-19)29(5)6)30-25(32)22(33-26(30)27-16)15-18-7-11-20(12-8-18)28(3)4/h7-15,24H,1-6H3/b22-15+/t24-/m0/s1. The SMILES string of the molecule is CC(=O)C1=C(C)N=c2s/c(=C/c3ccc(N(C)C)cc3)c(=O)n2[C@H]1c1ccc(N(C)C)cc1. The van der Waals surface area contributed by atoms with Gasteiger partial charge in [-0.15, -0.1) is 0 Å². The lowest BCUT2D eigenvalue weighted by atomic mass is 9.93. The summed E-state index contributed by atoms with van der Waals surface area (Å²) in [5, 5.41) is 0. The number of carbonyl (C=O) groups is 1. The maximum atomic E-state index is 13.6. The Balaban J connectivity index is 1.88. The van der Waals surface area contributed by atoms with Crippen molar-refractivity contribution < 1.29 is 4.79 Å². The van der Waals surface area contributed by atoms with Crippen LogP contribution in [0, 0.1) is 0 Å². The summed E-state index contributed by atoms with van der Waals surface area (Å²) < 4.78 is 2.26. The molecule has 0 unspecified atom stereocenters. The summed E-state index contributed by atoms with van der Waals surface area (Å²) >= 11 is 1.36. The molecule has 1 aromatic heterocycles. The number of hydrogen-bond donors (Lipinski definition) is 0. The van der Waals surface area contributed by atoms with Crippen LogP contribution in [-0.2, 0) is 4.79 Å². The van der Waals surface area contributed by atoms with E-state index in [1.165, 1.54) is 18.3 Å². The van der Waals surface area contributed by atoms with E-state index >= 15 is 0 Å². The van der Waals surface area contributed by atoms with Crippen LogP contribution in [0.5, 0.6) is 0 Å². The maximum absolute atomic E-state index is 13.6. The zero-order valence-corrected chi connectivity index (χ0v) is 20.6. The number of nitrogens with zero attached hydrogens (tertiary/aromatic N) is 4. The number of ketones is 1. The van der Waals surface area contributed by atoms with Gasteiger partial charge in [-0.1, -0.05) is 35.6 Å². The van der Waals surface area contributed by atoms with Crippen molar-refractivity contribution in [3.63, 3.8) is 0 Å². The number of allylic oxidation sites excluding steroid dienone is 2. The number of carbonyl (C=O) groups excluding carboxylic acids is 1.